The van der Waals surface area contributed by atoms with Gasteiger partial charge in [0.2, 0.25) is 0 Å². The zero-order valence-corrected chi connectivity index (χ0v) is 7.65. The molecular weight excluding hydrogens is 160 g/mol. The number of aromatic amines is 1. The van der Waals surface area contributed by atoms with Gasteiger partial charge in [0.15, 0.2) is 0 Å². The van der Waals surface area contributed by atoms with Crippen molar-refractivity contribution in [2.24, 2.45) is 0 Å². The van der Waals surface area contributed by atoms with Crippen LogP contribution in [-0.2, 0) is 17.2 Å². The average molecular weight is 173 g/mol. The second-order valence-corrected chi connectivity index (χ2v) is 3.06. The Hall–Kier alpha value is -0.480. The summed E-state index contributed by atoms with van der Waals surface area (Å²) in [7, 11) is 1.70. The van der Waals surface area contributed by atoms with Crippen LogP contribution < -0.4 is 4.57 Å². The molecule has 0 aromatic carbocycles. The highest BCUT2D eigenvalue weighted by Gasteiger charge is 2.07. The first-order valence-corrected chi connectivity index (χ1v) is 4.81. The van der Waals surface area contributed by atoms with Gasteiger partial charge in [0.05, 0.1) is 0 Å². The Morgan fingerprint density at radius 3 is 3.18 bits per heavy atom. The van der Waals surface area contributed by atoms with Crippen molar-refractivity contribution in [2.45, 2.75) is 12.5 Å². The Morgan fingerprint density at radius 2 is 2.55 bits per heavy atom. The molecule has 0 fully saturated rings. The maximum Gasteiger partial charge on any atom is 0.281 e. The van der Waals surface area contributed by atoms with E-state index in [0.29, 0.717) is 6.61 Å². The van der Waals surface area contributed by atoms with E-state index >= 15 is 0 Å². The fourth-order valence-electron chi connectivity index (χ4n) is 0.918. The molecule has 0 spiro atoms. The lowest BCUT2D eigenvalue weighted by molar-refractivity contribution is -0.684. The summed E-state index contributed by atoms with van der Waals surface area (Å²) in [5, 5.41) is 0. The van der Waals surface area contributed by atoms with Crippen molar-refractivity contribution < 1.29 is 9.30 Å². The van der Waals surface area contributed by atoms with Gasteiger partial charge in [-0.2, -0.15) is 0 Å². The quantitative estimate of drug-likeness (QED) is 0.681. The van der Waals surface area contributed by atoms with Crippen LogP contribution in [0.2, 0.25) is 0 Å². The van der Waals surface area contributed by atoms with E-state index in [-0.39, 0.29) is 0 Å². The van der Waals surface area contributed by atoms with Gasteiger partial charge >= 0.3 is 0 Å². The summed E-state index contributed by atoms with van der Waals surface area (Å²) < 4.78 is 7.14. The molecule has 1 aromatic heterocycles. The van der Waals surface area contributed by atoms with Crippen molar-refractivity contribution >= 4 is 11.8 Å². The van der Waals surface area contributed by atoms with Gasteiger partial charge in [-0.1, -0.05) is 0 Å². The predicted molar refractivity (Wildman–Crippen MR) is 45.2 cm³/mol. The van der Waals surface area contributed by atoms with Crippen LogP contribution in [0.5, 0.6) is 0 Å². The molecule has 62 valence electrons. The third-order valence-corrected chi connectivity index (χ3v) is 1.94. The molecule has 0 saturated carbocycles. The van der Waals surface area contributed by atoms with E-state index in [1.807, 2.05) is 12.4 Å². The summed E-state index contributed by atoms with van der Waals surface area (Å²) in [6.45, 7) is 0.646. The largest absolute Gasteiger partial charge is 0.372 e. The van der Waals surface area contributed by atoms with Crippen molar-refractivity contribution in [2.75, 3.05) is 13.4 Å². The van der Waals surface area contributed by atoms with Gasteiger partial charge in [0.1, 0.15) is 24.9 Å². The van der Waals surface area contributed by atoms with Crippen LogP contribution in [-0.4, -0.2) is 18.3 Å². The van der Waals surface area contributed by atoms with Crippen molar-refractivity contribution in [3.63, 3.8) is 0 Å². The Labute approximate surface area is 70.8 Å². The minimum atomic E-state index is 0.646. The molecule has 1 aromatic rings. The lowest BCUT2D eigenvalue weighted by atomic mass is 10.6. The molecule has 4 heteroatoms. The summed E-state index contributed by atoms with van der Waals surface area (Å²) in [6.07, 6.45) is 6.02. The number of thioether (sulfide) groups is 1. The number of methoxy groups -OCH3 is 1. The molecule has 0 bridgehead atoms. The Balaban J connectivity index is 2.62. The number of rotatable bonds is 4. The molecule has 0 aliphatic carbocycles. The van der Waals surface area contributed by atoms with Gasteiger partial charge in [0, 0.05) is 7.11 Å². The summed E-state index contributed by atoms with van der Waals surface area (Å²) in [6, 6.07) is 0. The summed E-state index contributed by atoms with van der Waals surface area (Å²) >= 11 is 1.79. The van der Waals surface area contributed by atoms with Crippen LogP contribution in [0.15, 0.2) is 12.4 Å². The zero-order valence-electron chi connectivity index (χ0n) is 6.83. The highest BCUT2D eigenvalue weighted by molar-refractivity contribution is 7.97. The van der Waals surface area contributed by atoms with Crippen LogP contribution in [0.1, 0.15) is 5.82 Å². The van der Waals surface area contributed by atoms with E-state index in [0.717, 1.165) is 11.7 Å². The molecular formula is C7H13N2OS+. The highest BCUT2D eigenvalue weighted by atomic mass is 32.2. The number of imidazole rings is 1. The number of hydrogen-bond acceptors (Lipinski definition) is 2. The molecule has 11 heavy (non-hydrogen) atoms. The van der Waals surface area contributed by atoms with Crippen LogP contribution in [0, 0.1) is 0 Å². The van der Waals surface area contributed by atoms with Gasteiger partial charge in [-0.3, -0.25) is 0 Å². The molecule has 1 N–H and O–H groups in total. The molecule has 3 nitrogen and oxygen atoms in total. The van der Waals surface area contributed by atoms with Crippen LogP contribution in [0.25, 0.3) is 0 Å². The van der Waals surface area contributed by atoms with E-state index in [4.69, 9.17) is 4.74 Å². The highest BCUT2D eigenvalue weighted by Crippen LogP contribution is 1.94. The molecule has 1 heterocycles. The number of ether oxygens (including phenoxy) is 1. The molecule has 0 aliphatic rings. The Morgan fingerprint density at radius 1 is 1.73 bits per heavy atom. The van der Waals surface area contributed by atoms with Gasteiger partial charge in [-0.25, -0.2) is 9.55 Å². The summed E-state index contributed by atoms with van der Waals surface area (Å²) in [5.74, 6) is 2.09. The first-order valence-electron chi connectivity index (χ1n) is 3.42. The minimum absolute atomic E-state index is 0.646. The molecule has 0 radical (unpaired) electrons. The number of nitrogens with zero attached hydrogens (tertiary/aromatic N) is 1. The van der Waals surface area contributed by atoms with Crippen LogP contribution >= 0.6 is 11.8 Å². The van der Waals surface area contributed by atoms with Crippen LogP contribution in [0.4, 0.5) is 0 Å². The topological polar surface area (TPSA) is 28.9 Å². The summed E-state index contributed by atoms with van der Waals surface area (Å²) in [4.78, 5) is 3.12. The maximum atomic E-state index is 5.01. The van der Waals surface area contributed by atoms with E-state index < -0.39 is 0 Å². The van der Waals surface area contributed by atoms with E-state index in [1.54, 1.807) is 18.9 Å². The molecule has 0 aliphatic heterocycles. The van der Waals surface area contributed by atoms with Gasteiger partial charge < -0.3 is 4.74 Å². The fourth-order valence-corrected chi connectivity index (χ4v) is 1.44. The van der Waals surface area contributed by atoms with E-state index in [1.165, 1.54) is 0 Å². The molecule has 0 atom stereocenters. The lowest BCUT2D eigenvalue weighted by Gasteiger charge is -1.96. The second kappa shape index (κ2) is 4.41. The fraction of sp³-hybridized carbons (Fsp3) is 0.571. The maximum absolute atomic E-state index is 5.01. The Bertz CT molecular complexity index is 191. The predicted octanol–water partition coefficient (Wildman–Crippen LogP) is 0.769. The van der Waals surface area contributed by atoms with E-state index in [2.05, 4.69) is 15.8 Å². The lowest BCUT2D eigenvalue weighted by Crippen LogP contribution is -2.34. The third-order valence-electron chi connectivity index (χ3n) is 1.40. The minimum Gasteiger partial charge on any atom is -0.372 e. The van der Waals surface area contributed by atoms with Crippen molar-refractivity contribution in [1.82, 2.24) is 4.98 Å². The molecule has 0 amide bonds. The SMILES string of the molecule is COCc1[nH]cc[n+]1CSC. The first kappa shape index (κ1) is 8.62. The summed E-state index contributed by atoms with van der Waals surface area (Å²) in [5.41, 5.74) is 0. The number of hydrogen-bond donors (Lipinski definition) is 1. The Kier molecular flexibility index (Phi) is 3.45. The number of aromatic nitrogens is 2. The number of nitrogens with one attached hydrogen (secondary N) is 1. The zero-order chi connectivity index (χ0) is 8.10. The average Bonchev–Trinajstić information content (AvgIpc) is 2.39. The smallest absolute Gasteiger partial charge is 0.281 e. The second-order valence-electron chi connectivity index (χ2n) is 2.23. The number of H-pyrrole nitrogens is 1. The van der Waals surface area contributed by atoms with Crippen LogP contribution in [0.3, 0.4) is 0 Å². The van der Waals surface area contributed by atoms with Gasteiger partial charge in [-0.05, 0) is 6.26 Å². The van der Waals surface area contributed by atoms with Crippen molar-refractivity contribution in [1.29, 1.82) is 0 Å². The van der Waals surface area contributed by atoms with Gasteiger partial charge in [-0.15, -0.1) is 11.8 Å². The van der Waals surface area contributed by atoms with Crippen molar-refractivity contribution in [3.05, 3.63) is 18.2 Å². The molecule has 0 saturated heterocycles. The normalized spacial score (nSPS) is 10.4. The third kappa shape index (κ3) is 2.24. The van der Waals surface area contributed by atoms with Gasteiger partial charge in [0.25, 0.3) is 5.82 Å². The standard InChI is InChI=1S/C7H12N2OS/c1-10-5-7-8-3-4-9(7)6-11-2/h3-4H,5-6H2,1-2H3/p+1. The van der Waals surface area contributed by atoms with E-state index in [9.17, 15) is 0 Å². The first-order chi connectivity index (χ1) is 5.38. The van der Waals surface area contributed by atoms with Crippen molar-refractivity contribution in [3.8, 4) is 0 Å². The molecule has 0 unspecified atom stereocenters. The molecule has 1 rings (SSSR count). The monoisotopic (exact) mass is 173 g/mol.